The smallest absolute Gasteiger partial charge is 0.267 e. The maximum atomic E-state index is 12.6. The van der Waals surface area contributed by atoms with Crippen molar-refractivity contribution in [3.8, 4) is 5.75 Å². The molecular weight excluding hydrogens is 294 g/mol. The van der Waals surface area contributed by atoms with Crippen LogP contribution in [0.1, 0.15) is 26.3 Å². The summed E-state index contributed by atoms with van der Waals surface area (Å²) < 4.78 is 5.38. The van der Waals surface area contributed by atoms with Crippen molar-refractivity contribution in [1.29, 1.82) is 0 Å². The van der Waals surface area contributed by atoms with Crippen LogP contribution in [0.5, 0.6) is 5.75 Å². The number of aromatic amines is 1. The van der Waals surface area contributed by atoms with Crippen molar-refractivity contribution >= 4 is 28.5 Å². The number of aryl methyl sites for hydroxylation is 1. The predicted octanol–water partition coefficient (Wildman–Crippen LogP) is 2.68. The molecule has 0 bridgehead atoms. The molecule has 0 fully saturated rings. The van der Waals surface area contributed by atoms with Gasteiger partial charge in [-0.3, -0.25) is 14.7 Å². The van der Waals surface area contributed by atoms with E-state index in [1.165, 1.54) is 0 Å². The van der Waals surface area contributed by atoms with Crippen molar-refractivity contribution < 1.29 is 14.3 Å². The highest BCUT2D eigenvalue weighted by molar-refractivity contribution is 6.35. The molecule has 0 radical (unpaired) electrons. The molecule has 6 heteroatoms. The predicted molar refractivity (Wildman–Crippen MR) is 85.0 cm³/mol. The number of hydrogen-bond donors (Lipinski definition) is 1. The molecule has 1 N–H and O–H groups in total. The van der Waals surface area contributed by atoms with Gasteiger partial charge in [-0.1, -0.05) is 18.2 Å². The number of fused-ring (bicyclic) bond motifs is 2. The number of imide groups is 1. The molecule has 0 atom stereocenters. The van der Waals surface area contributed by atoms with Crippen molar-refractivity contribution in [2.75, 3.05) is 12.0 Å². The van der Waals surface area contributed by atoms with Crippen LogP contribution in [0.25, 0.3) is 10.9 Å². The van der Waals surface area contributed by atoms with E-state index in [0.29, 0.717) is 22.3 Å². The van der Waals surface area contributed by atoms with E-state index in [1.54, 1.807) is 37.4 Å². The standard InChI is InChI=1S/C17H13N3O3/c1-9-7-8-12(23-2)13-14(9)18-19-15(13)20-16(21)10-5-3-4-6-11(10)17(20)22/h3-8H,1-2H3,(H,18,19). The number of H-pyrrole nitrogens is 1. The zero-order valence-electron chi connectivity index (χ0n) is 12.6. The van der Waals surface area contributed by atoms with Gasteiger partial charge in [0.1, 0.15) is 5.75 Å². The van der Waals surface area contributed by atoms with E-state index in [0.717, 1.165) is 16.0 Å². The second-order valence-corrected chi connectivity index (χ2v) is 5.37. The number of nitrogens with one attached hydrogen (secondary N) is 1. The average molecular weight is 307 g/mol. The summed E-state index contributed by atoms with van der Waals surface area (Å²) in [7, 11) is 1.54. The third-order valence-corrected chi connectivity index (χ3v) is 4.10. The van der Waals surface area contributed by atoms with Gasteiger partial charge in [-0.15, -0.1) is 0 Å². The Morgan fingerprint density at radius 2 is 1.70 bits per heavy atom. The van der Waals surface area contributed by atoms with Gasteiger partial charge in [0.15, 0.2) is 5.82 Å². The minimum Gasteiger partial charge on any atom is -0.496 e. The molecule has 0 spiro atoms. The number of methoxy groups -OCH3 is 1. The molecule has 114 valence electrons. The molecule has 0 saturated heterocycles. The van der Waals surface area contributed by atoms with Gasteiger partial charge in [0.05, 0.1) is 29.1 Å². The zero-order chi connectivity index (χ0) is 16.1. The van der Waals surface area contributed by atoms with Crippen LogP contribution in [0.2, 0.25) is 0 Å². The van der Waals surface area contributed by atoms with E-state index in [9.17, 15) is 9.59 Å². The van der Waals surface area contributed by atoms with Crippen molar-refractivity contribution in [3.63, 3.8) is 0 Å². The summed E-state index contributed by atoms with van der Waals surface area (Å²) in [6, 6.07) is 10.5. The summed E-state index contributed by atoms with van der Waals surface area (Å²) in [5.74, 6) is 0.0859. The second-order valence-electron chi connectivity index (χ2n) is 5.37. The first-order chi connectivity index (χ1) is 11.1. The van der Waals surface area contributed by atoms with Gasteiger partial charge in [0.25, 0.3) is 11.8 Å². The van der Waals surface area contributed by atoms with Crippen LogP contribution >= 0.6 is 0 Å². The fourth-order valence-corrected chi connectivity index (χ4v) is 2.93. The second kappa shape index (κ2) is 4.67. The highest BCUT2D eigenvalue weighted by Gasteiger charge is 2.39. The Morgan fingerprint density at radius 1 is 1.04 bits per heavy atom. The van der Waals surface area contributed by atoms with E-state index in [1.807, 2.05) is 13.0 Å². The molecule has 0 saturated carbocycles. The number of nitrogens with zero attached hydrogens (tertiary/aromatic N) is 2. The number of ether oxygens (including phenoxy) is 1. The van der Waals surface area contributed by atoms with Gasteiger partial charge in [0, 0.05) is 0 Å². The van der Waals surface area contributed by atoms with Crippen molar-refractivity contribution in [3.05, 3.63) is 53.1 Å². The first-order valence-electron chi connectivity index (χ1n) is 7.13. The molecule has 1 aliphatic rings. The van der Waals surface area contributed by atoms with Crippen LogP contribution in [-0.2, 0) is 0 Å². The monoisotopic (exact) mass is 307 g/mol. The number of amides is 2. The Morgan fingerprint density at radius 3 is 2.30 bits per heavy atom. The number of anilines is 1. The van der Waals surface area contributed by atoms with Crippen LogP contribution in [0.3, 0.4) is 0 Å². The fourth-order valence-electron chi connectivity index (χ4n) is 2.93. The molecule has 0 unspecified atom stereocenters. The summed E-state index contributed by atoms with van der Waals surface area (Å²) in [4.78, 5) is 26.4. The highest BCUT2D eigenvalue weighted by atomic mass is 16.5. The number of aromatic nitrogens is 2. The first-order valence-corrected chi connectivity index (χ1v) is 7.13. The number of benzene rings is 2. The van der Waals surface area contributed by atoms with Gasteiger partial charge in [-0.25, -0.2) is 4.90 Å². The molecule has 2 amide bonds. The lowest BCUT2D eigenvalue weighted by Gasteiger charge is -2.12. The topological polar surface area (TPSA) is 75.3 Å². The van der Waals surface area contributed by atoms with Crippen LogP contribution in [0.15, 0.2) is 36.4 Å². The number of hydrogen-bond acceptors (Lipinski definition) is 4. The minimum absolute atomic E-state index is 0.270. The molecule has 4 rings (SSSR count). The molecule has 2 aromatic carbocycles. The number of carbonyl (C=O) groups is 2. The van der Waals surface area contributed by atoms with Gasteiger partial charge >= 0.3 is 0 Å². The molecule has 0 aliphatic carbocycles. The maximum absolute atomic E-state index is 12.6. The van der Waals surface area contributed by atoms with Crippen LogP contribution in [0, 0.1) is 6.92 Å². The summed E-state index contributed by atoms with van der Waals surface area (Å²) >= 11 is 0. The third-order valence-electron chi connectivity index (χ3n) is 4.10. The molecule has 23 heavy (non-hydrogen) atoms. The Bertz CT molecular complexity index is 939. The van der Waals surface area contributed by atoms with Crippen molar-refractivity contribution in [2.24, 2.45) is 0 Å². The van der Waals surface area contributed by atoms with Crippen LogP contribution < -0.4 is 9.64 Å². The Hall–Kier alpha value is -3.15. The largest absolute Gasteiger partial charge is 0.496 e. The van der Waals surface area contributed by atoms with Crippen molar-refractivity contribution in [2.45, 2.75) is 6.92 Å². The quantitative estimate of drug-likeness (QED) is 0.739. The van der Waals surface area contributed by atoms with Crippen LogP contribution in [-0.4, -0.2) is 29.1 Å². The van der Waals surface area contributed by atoms with Gasteiger partial charge in [-0.05, 0) is 30.7 Å². The summed E-state index contributed by atoms with van der Waals surface area (Å²) in [5, 5.41) is 7.74. The third kappa shape index (κ3) is 1.72. The normalized spacial score (nSPS) is 13.7. The Kier molecular flexibility index (Phi) is 2.74. The SMILES string of the molecule is COc1ccc(C)c2[nH]nc(N3C(=O)c4ccccc4C3=O)c12. The lowest BCUT2D eigenvalue weighted by atomic mass is 10.1. The van der Waals surface area contributed by atoms with Crippen molar-refractivity contribution in [1.82, 2.24) is 10.2 Å². The molecule has 6 nitrogen and oxygen atoms in total. The average Bonchev–Trinajstić information content (AvgIpc) is 3.10. The van der Waals surface area contributed by atoms with Gasteiger partial charge in [0.2, 0.25) is 0 Å². The zero-order valence-corrected chi connectivity index (χ0v) is 12.6. The van der Waals surface area contributed by atoms with Gasteiger partial charge in [-0.2, -0.15) is 5.10 Å². The van der Waals surface area contributed by atoms with E-state index >= 15 is 0 Å². The maximum Gasteiger partial charge on any atom is 0.267 e. The van der Waals surface area contributed by atoms with Gasteiger partial charge < -0.3 is 4.74 Å². The molecule has 1 aromatic heterocycles. The fraction of sp³-hybridized carbons (Fsp3) is 0.118. The van der Waals surface area contributed by atoms with E-state index < -0.39 is 0 Å². The Labute approximate surface area is 131 Å². The van der Waals surface area contributed by atoms with E-state index in [4.69, 9.17) is 4.74 Å². The first kappa shape index (κ1) is 13.5. The molecular formula is C17H13N3O3. The van der Waals surface area contributed by atoms with E-state index in [-0.39, 0.29) is 17.6 Å². The molecule has 3 aromatic rings. The Balaban J connectivity index is 1.97. The lowest BCUT2D eigenvalue weighted by molar-refractivity contribution is 0.0925. The summed E-state index contributed by atoms with van der Waals surface area (Å²) in [6.45, 7) is 1.92. The van der Waals surface area contributed by atoms with Crippen LogP contribution in [0.4, 0.5) is 5.82 Å². The molecule has 1 aliphatic heterocycles. The lowest BCUT2D eigenvalue weighted by Crippen LogP contribution is -2.29. The number of carbonyl (C=O) groups excluding carboxylic acids is 2. The van der Waals surface area contributed by atoms with E-state index in [2.05, 4.69) is 10.2 Å². The summed E-state index contributed by atoms with van der Waals surface area (Å²) in [5.41, 5.74) is 2.48. The summed E-state index contributed by atoms with van der Waals surface area (Å²) in [6.07, 6.45) is 0. The number of rotatable bonds is 2. The molecule has 2 heterocycles. The minimum atomic E-state index is -0.373. The highest BCUT2D eigenvalue weighted by Crippen LogP contribution is 2.37.